The van der Waals surface area contributed by atoms with Crippen molar-refractivity contribution < 1.29 is 28.7 Å². The van der Waals surface area contributed by atoms with Crippen molar-refractivity contribution in [1.82, 2.24) is 10.3 Å². The molecule has 1 aromatic heterocycles. The highest BCUT2D eigenvalue weighted by atomic mass is 35.5. The number of esters is 2. The number of hydrogen-bond donors (Lipinski definition) is 1. The second kappa shape index (κ2) is 14.5. The van der Waals surface area contributed by atoms with Crippen molar-refractivity contribution in [3.05, 3.63) is 52.3 Å². The van der Waals surface area contributed by atoms with Gasteiger partial charge in [-0.3, -0.25) is 24.2 Å². The van der Waals surface area contributed by atoms with Gasteiger partial charge in [-0.2, -0.15) is 0 Å². The van der Waals surface area contributed by atoms with E-state index in [0.29, 0.717) is 23.3 Å². The fraction of sp³-hybridized carbons (Fsp3) is 0.740. The van der Waals surface area contributed by atoms with Gasteiger partial charge < -0.3 is 14.8 Å². The zero-order chi connectivity index (χ0) is 43.4. The third kappa shape index (κ3) is 7.35. The maximum atomic E-state index is 14.1. The van der Waals surface area contributed by atoms with E-state index in [1.165, 1.54) is 5.57 Å². The van der Waals surface area contributed by atoms with E-state index in [9.17, 15) is 19.2 Å². The zero-order valence-corrected chi connectivity index (χ0v) is 38.8. The van der Waals surface area contributed by atoms with Crippen LogP contribution in [0, 0.1) is 56.2 Å². The van der Waals surface area contributed by atoms with Gasteiger partial charge in [-0.1, -0.05) is 66.1 Å². The van der Waals surface area contributed by atoms with Crippen LogP contribution in [0.25, 0.3) is 0 Å². The van der Waals surface area contributed by atoms with E-state index < -0.39 is 22.0 Å². The van der Waals surface area contributed by atoms with Crippen LogP contribution in [0.4, 0.5) is 0 Å². The van der Waals surface area contributed by atoms with Gasteiger partial charge in [0.2, 0.25) is 5.91 Å². The highest BCUT2D eigenvalue weighted by Crippen LogP contribution is 2.77. The smallest absolute Gasteiger partial charge is 0.312 e. The minimum atomic E-state index is -0.984. The van der Waals surface area contributed by atoms with E-state index >= 15 is 0 Å². The molecule has 0 bridgehead atoms. The van der Waals surface area contributed by atoms with Crippen LogP contribution in [0.1, 0.15) is 166 Å². The molecule has 5 saturated carbocycles. The van der Waals surface area contributed by atoms with E-state index in [0.717, 1.165) is 75.5 Å². The molecule has 8 atom stereocenters. The third-order valence-corrected chi connectivity index (χ3v) is 17.3. The molecule has 324 valence electrons. The average Bonchev–Trinajstić information content (AvgIpc) is 3.82. The summed E-state index contributed by atoms with van der Waals surface area (Å²) in [5.74, 6) is 0.635. The summed E-state index contributed by atoms with van der Waals surface area (Å²) in [5.41, 5.74) is 0.517. The van der Waals surface area contributed by atoms with Gasteiger partial charge in [0.15, 0.2) is 5.78 Å². The summed E-state index contributed by atoms with van der Waals surface area (Å²) < 4.78 is 12.0. The van der Waals surface area contributed by atoms with Gasteiger partial charge in [0.25, 0.3) is 0 Å². The Hall–Kier alpha value is -3.00. The molecule has 0 unspecified atom stereocenters. The first kappa shape index (κ1) is 44.1. The lowest BCUT2D eigenvalue weighted by Crippen LogP contribution is -2.65. The third-order valence-electron chi connectivity index (χ3n) is 17.1. The number of carbonyl (C=O) groups excluding carboxylic acids is 4. The fourth-order valence-electron chi connectivity index (χ4n) is 13.8. The number of ether oxygens (including phenoxy) is 2. The molecular weight excluding hydrogens is 760 g/mol. The van der Waals surface area contributed by atoms with Crippen molar-refractivity contribution in [2.75, 3.05) is 0 Å². The zero-order valence-electron chi connectivity index (χ0n) is 38.0. The van der Waals surface area contributed by atoms with Gasteiger partial charge >= 0.3 is 11.9 Å². The van der Waals surface area contributed by atoms with Crippen LogP contribution >= 0.6 is 11.6 Å². The summed E-state index contributed by atoms with van der Waals surface area (Å²) in [5, 5.41) is 3.84. The van der Waals surface area contributed by atoms with Crippen molar-refractivity contribution in [3.63, 3.8) is 0 Å². The molecule has 1 amide bonds. The van der Waals surface area contributed by atoms with Crippen LogP contribution in [0.3, 0.4) is 0 Å². The second-order valence-corrected chi connectivity index (χ2v) is 23.5. The summed E-state index contributed by atoms with van der Waals surface area (Å²) in [6, 6.07) is 3.72. The largest absolute Gasteiger partial charge is 0.462 e. The lowest BCUT2D eigenvalue weighted by atomic mass is 9.33. The molecule has 8 nitrogen and oxygen atoms in total. The lowest BCUT2D eigenvalue weighted by Gasteiger charge is -2.72. The molecule has 59 heavy (non-hydrogen) atoms. The topological polar surface area (TPSA) is 112 Å². The van der Waals surface area contributed by atoms with Gasteiger partial charge in [0, 0.05) is 23.4 Å². The lowest BCUT2D eigenvalue weighted by molar-refractivity contribution is -0.232. The number of carbonyl (C=O) groups is 4. The van der Waals surface area contributed by atoms with Gasteiger partial charge in [-0.15, -0.1) is 0 Å². The Labute approximate surface area is 358 Å². The Bertz CT molecular complexity index is 1950. The van der Waals surface area contributed by atoms with E-state index in [1.54, 1.807) is 26.1 Å². The van der Waals surface area contributed by atoms with Crippen molar-refractivity contribution in [1.29, 1.82) is 0 Å². The number of fused-ring (bicyclic) bond motifs is 7. The highest BCUT2D eigenvalue weighted by molar-refractivity contribution is 6.30. The minimum Gasteiger partial charge on any atom is -0.462 e. The first-order valence-corrected chi connectivity index (χ1v) is 23.0. The number of hydrogen-bond acceptors (Lipinski definition) is 7. The number of pyridine rings is 1. The maximum Gasteiger partial charge on any atom is 0.312 e. The van der Waals surface area contributed by atoms with Crippen molar-refractivity contribution >= 4 is 35.2 Å². The molecule has 1 heterocycles. The monoisotopic (exact) mass is 831 g/mol. The minimum absolute atomic E-state index is 0.0113. The van der Waals surface area contributed by atoms with Gasteiger partial charge in [-0.05, 0) is 168 Å². The first-order valence-electron chi connectivity index (χ1n) is 22.6. The molecular formula is C50H71ClN2O6. The van der Waals surface area contributed by atoms with Crippen LogP contribution < -0.4 is 5.32 Å². The van der Waals surface area contributed by atoms with Crippen LogP contribution in [0.5, 0.6) is 0 Å². The summed E-state index contributed by atoms with van der Waals surface area (Å²) in [6.45, 7) is 25.6. The Morgan fingerprint density at radius 1 is 0.898 bits per heavy atom. The number of amides is 1. The molecule has 1 aromatic rings. The molecule has 0 aliphatic heterocycles. The molecule has 5 fully saturated rings. The van der Waals surface area contributed by atoms with Crippen molar-refractivity contribution in [2.24, 2.45) is 56.2 Å². The molecule has 6 aliphatic carbocycles. The number of nitrogens with zero attached hydrogens (tertiary/aromatic N) is 1. The molecule has 0 radical (unpaired) electrons. The van der Waals surface area contributed by atoms with E-state index in [-0.39, 0.29) is 69.6 Å². The number of ketones is 1. The number of Topliss-reactive ketones (excluding diaryl/α,β-unsaturated/α-hetero) is 1. The summed E-state index contributed by atoms with van der Waals surface area (Å²) in [6.07, 6.45) is 15.3. The number of halogens is 1. The van der Waals surface area contributed by atoms with Crippen LogP contribution in [0.2, 0.25) is 5.02 Å². The van der Waals surface area contributed by atoms with Crippen LogP contribution in [0.15, 0.2) is 41.6 Å². The second-order valence-electron chi connectivity index (χ2n) is 23.0. The van der Waals surface area contributed by atoms with Gasteiger partial charge in [0.05, 0.1) is 28.1 Å². The molecule has 0 saturated heterocycles. The van der Waals surface area contributed by atoms with E-state index in [2.05, 4.69) is 64.8 Å². The first-order chi connectivity index (χ1) is 27.2. The molecule has 9 heteroatoms. The summed E-state index contributed by atoms with van der Waals surface area (Å²) >= 11 is 6.11. The number of rotatable bonds is 9. The van der Waals surface area contributed by atoms with E-state index in [4.69, 9.17) is 21.1 Å². The molecule has 1 N–H and O–H groups in total. The predicted molar refractivity (Wildman–Crippen MR) is 231 cm³/mol. The highest BCUT2D eigenvalue weighted by Gasteiger charge is 2.70. The molecule has 0 aromatic carbocycles. The SMILES string of the molecule is CC(C)C1=C2[C@H]3CC[C@@H]4[C@@]5(C)CC[C@H](OC(=O)CC(C)(C)C(=O)OC(C)(C)C)C(C)(C)[C@@H]5CC[C@@]4(C)[C@]3(C)CC[C@@]2(/C=C/C(=O)NC2(c3ccc(Cl)cn3)CC2)CC1=O. The average molecular weight is 832 g/mol. The number of aromatic nitrogens is 1. The summed E-state index contributed by atoms with van der Waals surface area (Å²) in [7, 11) is 0. The summed E-state index contributed by atoms with van der Waals surface area (Å²) in [4.78, 5) is 58.9. The Morgan fingerprint density at radius 2 is 1.59 bits per heavy atom. The van der Waals surface area contributed by atoms with Crippen molar-refractivity contribution in [3.8, 4) is 0 Å². The molecule has 6 aliphatic rings. The van der Waals surface area contributed by atoms with Gasteiger partial charge in [0.1, 0.15) is 11.7 Å². The van der Waals surface area contributed by atoms with E-state index in [1.807, 2.05) is 32.9 Å². The Morgan fingerprint density at radius 3 is 2.20 bits per heavy atom. The number of allylic oxidation sites excluding steroid dienone is 3. The standard InChI is InChI=1S/C50H71ClN2O6/c1-30(2)40-33(54)27-49(22-19-38(55)53-50(25-26-50)36-16-13-31(51)29-52-36)24-23-47(11)32(41(40)49)14-15-35-46(10)20-18-37(45(8,9)34(46)17-21-48(35,47)12)58-39(56)28-44(6,7)42(57)59-43(3,4)5/h13,16,19,22,29-30,32,34-35,37H,14-15,17-18,20-21,23-28H2,1-12H3,(H,53,55)/b22-19+/t32-,34+,35-,37+,46+,47-,48-,49+/m1/s1. The fourth-order valence-corrected chi connectivity index (χ4v) is 13.9. The normalized spacial score (nSPS) is 36.0. The molecule has 0 spiro atoms. The Kier molecular flexibility index (Phi) is 10.9. The maximum absolute atomic E-state index is 14.1. The van der Waals surface area contributed by atoms with Crippen LogP contribution in [-0.4, -0.2) is 40.3 Å². The number of nitrogens with one attached hydrogen (secondary N) is 1. The predicted octanol–water partition coefficient (Wildman–Crippen LogP) is 11.0. The quantitative estimate of drug-likeness (QED) is 0.195. The molecule has 7 rings (SSSR count). The Balaban J connectivity index is 1.11. The van der Waals surface area contributed by atoms with Gasteiger partial charge in [-0.25, -0.2) is 0 Å². The van der Waals surface area contributed by atoms with Crippen molar-refractivity contribution in [2.45, 2.75) is 177 Å². The van der Waals surface area contributed by atoms with Crippen LogP contribution in [-0.2, 0) is 34.2 Å².